The van der Waals surface area contributed by atoms with Crippen LogP contribution in [0.15, 0.2) is 12.1 Å². The van der Waals surface area contributed by atoms with Crippen LogP contribution < -0.4 is 4.72 Å². The van der Waals surface area contributed by atoms with E-state index >= 15 is 0 Å². The lowest BCUT2D eigenvalue weighted by molar-refractivity contribution is -0.140. The molecule has 0 bridgehead atoms. The first-order valence-electron chi connectivity index (χ1n) is 4.05. The SMILES string of the molecule is CS(=O)(=O)Nc1ccc(F)c(C(F)(F)F)c1I. The fourth-order valence-electron chi connectivity index (χ4n) is 1.09. The number of benzene rings is 1. The highest BCUT2D eigenvalue weighted by Gasteiger charge is 2.37. The van der Waals surface area contributed by atoms with Gasteiger partial charge >= 0.3 is 6.18 Å². The van der Waals surface area contributed by atoms with Gasteiger partial charge in [-0.1, -0.05) is 0 Å². The summed E-state index contributed by atoms with van der Waals surface area (Å²) < 4.78 is 73.7. The summed E-state index contributed by atoms with van der Waals surface area (Å²) in [5.41, 5.74) is -1.78. The predicted octanol–water partition coefficient (Wildman–Crippen LogP) is 2.82. The van der Waals surface area contributed by atoms with E-state index in [0.717, 1.165) is 12.3 Å². The summed E-state index contributed by atoms with van der Waals surface area (Å²) in [6.07, 6.45) is -4.09. The molecule has 0 aliphatic heterocycles. The first-order chi connectivity index (χ1) is 7.52. The molecule has 3 nitrogen and oxygen atoms in total. The van der Waals surface area contributed by atoms with Gasteiger partial charge in [-0.05, 0) is 34.7 Å². The molecule has 1 N–H and O–H groups in total. The summed E-state index contributed by atoms with van der Waals surface area (Å²) in [6.45, 7) is 0. The van der Waals surface area contributed by atoms with E-state index in [9.17, 15) is 26.0 Å². The third-order valence-corrected chi connectivity index (χ3v) is 3.38. The summed E-state index contributed by atoms with van der Waals surface area (Å²) >= 11 is 1.24. The van der Waals surface area contributed by atoms with Crippen molar-refractivity contribution in [2.24, 2.45) is 0 Å². The molecular formula is C8H6F4INO2S. The molecular weight excluding hydrogens is 377 g/mol. The number of nitrogens with one attached hydrogen (secondary N) is 1. The maximum atomic E-state index is 13.1. The first-order valence-corrected chi connectivity index (χ1v) is 7.02. The zero-order valence-electron chi connectivity index (χ0n) is 8.27. The van der Waals surface area contributed by atoms with Crippen molar-refractivity contribution in [2.45, 2.75) is 6.18 Å². The average molecular weight is 383 g/mol. The molecule has 9 heteroatoms. The van der Waals surface area contributed by atoms with Crippen LogP contribution in [0.5, 0.6) is 0 Å². The molecule has 0 aliphatic carbocycles. The molecule has 1 rings (SSSR count). The van der Waals surface area contributed by atoms with Crippen molar-refractivity contribution in [1.29, 1.82) is 0 Å². The van der Waals surface area contributed by atoms with E-state index in [4.69, 9.17) is 0 Å². The summed E-state index contributed by atoms with van der Waals surface area (Å²) in [6, 6.07) is 1.51. The Kier molecular flexibility index (Phi) is 3.91. The van der Waals surface area contributed by atoms with Crippen LogP contribution >= 0.6 is 22.6 Å². The van der Waals surface area contributed by atoms with E-state index in [-0.39, 0.29) is 5.69 Å². The molecule has 0 atom stereocenters. The number of anilines is 1. The van der Waals surface area contributed by atoms with E-state index in [1.54, 1.807) is 0 Å². The van der Waals surface area contributed by atoms with Gasteiger partial charge < -0.3 is 0 Å². The standard InChI is InChI=1S/C8H6F4INO2S/c1-17(15,16)14-5-3-2-4(9)6(7(5)13)8(10,11)12/h2-3,14H,1H3. The summed E-state index contributed by atoms with van der Waals surface area (Å²) in [5.74, 6) is -1.44. The highest BCUT2D eigenvalue weighted by atomic mass is 127. The van der Waals surface area contributed by atoms with Crippen LogP contribution in [-0.4, -0.2) is 14.7 Å². The Morgan fingerprint density at radius 2 is 1.82 bits per heavy atom. The molecule has 0 heterocycles. The number of alkyl halides is 3. The zero-order valence-corrected chi connectivity index (χ0v) is 11.2. The molecule has 96 valence electrons. The van der Waals surface area contributed by atoms with Crippen molar-refractivity contribution in [3.05, 3.63) is 27.1 Å². The lowest BCUT2D eigenvalue weighted by Crippen LogP contribution is -2.16. The smallest absolute Gasteiger partial charge is 0.283 e. The van der Waals surface area contributed by atoms with Crippen LogP contribution in [0.3, 0.4) is 0 Å². The molecule has 0 saturated heterocycles. The Hall–Kier alpha value is -0.580. The van der Waals surface area contributed by atoms with Gasteiger partial charge in [-0.3, -0.25) is 4.72 Å². The fourth-order valence-corrected chi connectivity index (χ4v) is 2.72. The van der Waals surface area contributed by atoms with Crippen molar-refractivity contribution in [3.8, 4) is 0 Å². The van der Waals surface area contributed by atoms with Crippen LogP contribution in [-0.2, 0) is 16.2 Å². The van der Waals surface area contributed by atoms with Crippen LogP contribution in [0.25, 0.3) is 0 Å². The summed E-state index contributed by atoms with van der Waals surface area (Å²) in [4.78, 5) is 0. The minimum Gasteiger partial charge on any atom is -0.283 e. The summed E-state index contributed by atoms with van der Waals surface area (Å²) in [5, 5.41) is 0. The second kappa shape index (κ2) is 4.59. The lowest BCUT2D eigenvalue weighted by atomic mass is 10.2. The number of halogens is 5. The first kappa shape index (κ1) is 14.5. The van der Waals surface area contributed by atoms with Crippen molar-refractivity contribution < 1.29 is 26.0 Å². The third-order valence-electron chi connectivity index (χ3n) is 1.67. The minimum absolute atomic E-state index is 0.304. The Bertz CT molecular complexity index is 541. The molecule has 1 aromatic rings. The molecule has 0 aromatic heterocycles. The second-order valence-electron chi connectivity index (χ2n) is 3.16. The van der Waals surface area contributed by atoms with Crippen LogP contribution in [0.2, 0.25) is 0 Å². The van der Waals surface area contributed by atoms with Gasteiger partial charge in [-0.15, -0.1) is 0 Å². The molecule has 17 heavy (non-hydrogen) atoms. The van der Waals surface area contributed by atoms with Crippen LogP contribution in [0.4, 0.5) is 23.2 Å². The number of rotatable bonds is 2. The van der Waals surface area contributed by atoms with E-state index in [1.807, 2.05) is 4.72 Å². The van der Waals surface area contributed by atoms with Gasteiger partial charge in [0.1, 0.15) is 11.4 Å². The Labute approximate surface area is 108 Å². The Morgan fingerprint density at radius 1 is 1.29 bits per heavy atom. The number of sulfonamides is 1. The molecule has 0 aliphatic rings. The predicted molar refractivity (Wildman–Crippen MR) is 62.6 cm³/mol. The van der Waals surface area contributed by atoms with Crippen LogP contribution in [0.1, 0.15) is 5.56 Å². The topological polar surface area (TPSA) is 46.2 Å². The molecule has 0 saturated carbocycles. The van der Waals surface area contributed by atoms with E-state index in [0.29, 0.717) is 6.07 Å². The molecule has 0 radical (unpaired) electrons. The van der Waals surface area contributed by atoms with Gasteiger partial charge in [-0.25, -0.2) is 12.8 Å². The molecule has 0 spiro atoms. The van der Waals surface area contributed by atoms with Gasteiger partial charge in [0.15, 0.2) is 0 Å². The minimum atomic E-state index is -4.88. The van der Waals surface area contributed by atoms with E-state index in [2.05, 4.69) is 0 Å². The quantitative estimate of drug-likeness (QED) is 0.631. The third kappa shape index (κ3) is 3.69. The van der Waals surface area contributed by atoms with Gasteiger partial charge in [-0.2, -0.15) is 13.2 Å². The fraction of sp³-hybridized carbons (Fsp3) is 0.250. The maximum absolute atomic E-state index is 13.1. The second-order valence-corrected chi connectivity index (χ2v) is 5.98. The van der Waals surface area contributed by atoms with Gasteiger partial charge in [0.05, 0.1) is 15.5 Å². The Morgan fingerprint density at radius 3 is 2.24 bits per heavy atom. The average Bonchev–Trinajstić information content (AvgIpc) is 2.06. The molecule has 0 unspecified atom stereocenters. The number of hydrogen-bond donors (Lipinski definition) is 1. The summed E-state index contributed by atoms with van der Waals surface area (Å²) in [7, 11) is -3.72. The molecule has 0 amide bonds. The normalized spacial score (nSPS) is 12.6. The highest BCUT2D eigenvalue weighted by molar-refractivity contribution is 14.1. The molecule has 1 aromatic carbocycles. The highest BCUT2D eigenvalue weighted by Crippen LogP contribution is 2.37. The van der Waals surface area contributed by atoms with Crippen molar-refractivity contribution in [1.82, 2.24) is 0 Å². The Balaban J connectivity index is 3.39. The van der Waals surface area contributed by atoms with Gasteiger partial charge in [0.25, 0.3) is 0 Å². The monoisotopic (exact) mass is 383 g/mol. The van der Waals surface area contributed by atoms with Crippen molar-refractivity contribution >= 4 is 38.3 Å². The van der Waals surface area contributed by atoms with Crippen molar-refractivity contribution in [2.75, 3.05) is 11.0 Å². The van der Waals surface area contributed by atoms with Crippen molar-refractivity contribution in [3.63, 3.8) is 0 Å². The molecule has 0 fully saturated rings. The van der Waals surface area contributed by atoms with Crippen LogP contribution in [0, 0.1) is 9.39 Å². The number of hydrogen-bond acceptors (Lipinski definition) is 2. The maximum Gasteiger partial charge on any atom is 0.420 e. The largest absolute Gasteiger partial charge is 0.420 e. The van der Waals surface area contributed by atoms with E-state index in [1.165, 1.54) is 22.6 Å². The lowest BCUT2D eigenvalue weighted by Gasteiger charge is -2.14. The van der Waals surface area contributed by atoms with Gasteiger partial charge in [0, 0.05) is 0 Å². The van der Waals surface area contributed by atoms with Gasteiger partial charge in [0.2, 0.25) is 10.0 Å². The van der Waals surface area contributed by atoms with E-state index < -0.39 is 31.2 Å². The zero-order chi connectivity index (χ0) is 13.4.